The number of aliphatic hydroxyl groups is 1. The summed E-state index contributed by atoms with van der Waals surface area (Å²) in [5, 5.41) is 10.8. The van der Waals surface area contributed by atoms with Gasteiger partial charge in [0.2, 0.25) is 0 Å². The van der Waals surface area contributed by atoms with Crippen molar-refractivity contribution in [1.82, 2.24) is 14.9 Å². The maximum atomic E-state index is 12.6. The molecule has 0 bridgehead atoms. The second kappa shape index (κ2) is 9.43. The number of carbonyl (C=O) groups is 1. The summed E-state index contributed by atoms with van der Waals surface area (Å²) in [7, 11) is 0. The molecule has 0 saturated carbocycles. The van der Waals surface area contributed by atoms with Gasteiger partial charge >= 0.3 is 6.09 Å². The van der Waals surface area contributed by atoms with Crippen LogP contribution in [0.5, 0.6) is 0 Å². The summed E-state index contributed by atoms with van der Waals surface area (Å²) in [5.74, 6) is 0.716. The second-order valence-electron chi connectivity index (χ2n) is 9.69. The first kappa shape index (κ1) is 23.1. The van der Waals surface area contributed by atoms with Crippen LogP contribution in [-0.2, 0) is 11.3 Å². The predicted octanol–water partition coefficient (Wildman–Crippen LogP) is 5.02. The van der Waals surface area contributed by atoms with Crippen LogP contribution in [0.2, 0.25) is 0 Å². The number of para-hydroxylation sites is 1. The van der Waals surface area contributed by atoms with Gasteiger partial charge in [-0.15, -0.1) is 0 Å². The molecule has 2 N–H and O–H groups in total. The first-order valence-corrected chi connectivity index (χ1v) is 11.7. The Morgan fingerprint density at radius 2 is 2.00 bits per heavy atom. The number of amides is 1. The molecule has 176 valence electrons. The van der Waals surface area contributed by atoms with Gasteiger partial charge < -0.3 is 24.6 Å². The summed E-state index contributed by atoms with van der Waals surface area (Å²) in [5.41, 5.74) is 3.34. The van der Waals surface area contributed by atoms with E-state index in [1.165, 1.54) is 0 Å². The SMILES string of the molecule is CCCN(Cc1nc2cc(C3C(O)CCN3c3ccccc3)ccc2[nH]1)C(=O)OC(C)(C)C. The Bertz CT molecular complexity index is 1090. The van der Waals surface area contributed by atoms with E-state index in [0.717, 1.165) is 41.7 Å². The van der Waals surface area contributed by atoms with Gasteiger partial charge in [-0.05, 0) is 63.4 Å². The summed E-state index contributed by atoms with van der Waals surface area (Å²) in [4.78, 5) is 24.7. The fourth-order valence-corrected chi connectivity index (χ4v) is 4.43. The third kappa shape index (κ3) is 5.30. The van der Waals surface area contributed by atoms with Crippen LogP contribution in [0.4, 0.5) is 10.5 Å². The van der Waals surface area contributed by atoms with Crippen LogP contribution in [0.25, 0.3) is 11.0 Å². The number of fused-ring (bicyclic) bond motifs is 1. The number of hydrogen-bond acceptors (Lipinski definition) is 5. The highest BCUT2D eigenvalue weighted by atomic mass is 16.6. The number of aromatic amines is 1. The molecule has 0 radical (unpaired) electrons. The molecule has 2 atom stereocenters. The first-order valence-electron chi connectivity index (χ1n) is 11.7. The van der Waals surface area contributed by atoms with E-state index in [1.54, 1.807) is 4.90 Å². The predicted molar refractivity (Wildman–Crippen MR) is 130 cm³/mol. The van der Waals surface area contributed by atoms with E-state index >= 15 is 0 Å². The lowest BCUT2D eigenvalue weighted by Gasteiger charge is -2.28. The van der Waals surface area contributed by atoms with E-state index < -0.39 is 11.7 Å². The molecule has 0 aliphatic carbocycles. The van der Waals surface area contributed by atoms with Gasteiger partial charge in [0, 0.05) is 18.8 Å². The zero-order chi connectivity index (χ0) is 23.6. The number of aromatic nitrogens is 2. The van der Waals surface area contributed by atoms with E-state index in [1.807, 2.05) is 58.0 Å². The van der Waals surface area contributed by atoms with Gasteiger partial charge in [-0.2, -0.15) is 0 Å². The zero-order valence-electron chi connectivity index (χ0n) is 19.9. The minimum atomic E-state index is -0.543. The first-order chi connectivity index (χ1) is 15.7. The largest absolute Gasteiger partial charge is 0.444 e. The normalized spacial score (nSPS) is 18.6. The molecular formula is C26H34N4O3. The number of H-pyrrole nitrogens is 1. The molecule has 1 saturated heterocycles. The molecule has 3 aromatic rings. The van der Waals surface area contributed by atoms with E-state index in [9.17, 15) is 9.90 Å². The summed E-state index contributed by atoms with van der Waals surface area (Å²) in [6.07, 6.45) is 0.787. The maximum absolute atomic E-state index is 12.6. The Kier molecular flexibility index (Phi) is 6.61. The Morgan fingerprint density at radius 1 is 1.24 bits per heavy atom. The summed E-state index contributed by atoms with van der Waals surface area (Å²) >= 11 is 0. The average Bonchev–Trinajstić information content (AvgIpc) is 3.35. The molecule has 1 aromatic heterocycles. The molecule has 1 fully saturated rings. The van der Waals surface area contributed by atoms with Gasteiger partial charge in [-0.25, -0.2) is 9.78 Å². The van der Waals surface area contributed by atoms with Gasteiger partial charge in [0.1, 0.15) is 11.4 Å². The number of nitrogens with zero attached hydrogens (tertiary/aromatic N) is 3. The van der Waals surface area contributed by atoms with E-state index in [0.29, 0.717) is 18.9 Å². The van der Waals surface area contributed by atoms with Gasteiger partial charge in [0.15, 0.2) is 0 Å². The molecule has 1 aliphatic heterocycles. The number of anilines is 1. The van der Waals surface area contributed by atoms with E-state index in [2.05, 4.69) is 28.1 Å². The Morgan fingerprint density at radius 3 is 2.70 bits per heavy atom. The second-order valence-corrected chi connectivity index (χ2v) is 9.69. The molecule has 7 heteroatoms. The van der Waals surface area contributed by atoms with E-state index in [4.69, 9.17) is 9.72 Å². The third-order valence-electron chi connectivity index (χ3n) is 5.84. The Balaban J connectivity index is 1.57. The molecule has 1 amide bonds. The number of imidazole rings is 1. The van der Waals surface area contributed by atoms with Crippen molar-refractivity contribution < 1.29 is 14.6 Å². The Hall–Kier alpha value is -3.06. The number of rotatable bonds is 6. The van der Waals surface area contributed by atoms with Gasteiger partial charge in [-0.1, -0.05) is 31.2 Å². The van der Waals surface area contributed by atoms with Crippen LogP contribution in [0.15, 0.2) is 48.5 Å². The highest BCUT2D eigenvalue weighted by Gasteiger charge is 2.34. The van der Waals surface area contributed by atoms with Gasteiger partial charge in [0.25, 0.3) is 0 Å². The minimum Gasteiger partial charge on any atom is -0.444 e. The maximum Gasteiger partial charge on any atom is 0.410 e. The van der Waals surface area contributed by atoms with E-state index in [-0.39, 0.29) is 12.1 Å². The molecule has 0 spiro atoms. The molecule has 33 heavy (non-hydrogen) atoms. The smallest absolute Gasteiger partial charge is 0.410 e. The monoisotopic (exact) mass is 450 g/mol. The van der Waals surface area contributed by atoms with Crippen molar-refractivity contribution in [3.05, 3.63) is 59.9 Å². The zero-order valence-corrected chi connectivity index (χ0v) is 19.9. The van der Waals surface area contributed by atoms with Crippen LogP contribution in [0.3, 0.4) is 0 Å². The number of benzene rings is 2. The standard InChI is InChI=1S/C26H34N4O3/c1-5-14-29(25(32)33-26(2,3)4)17-23-27-20-12-11-18(16-21(20)28-23)24-22(31)13-15-30(24)19-9-7-6-8-10-19/h6-12,16,22,24,31H,5,13-15,17H2,1-4H3,(H,27,28). The van der Waals surface area contributed by atoms with Gasteiger partial charge in [-0.3, -0.25) is 0 Å². The lowest BCUT2D eigenvalue weighted by Crippen LogP contribution is -2.37. The summed E-state index contributed by atoms with van der Waals surface area (Å²) in [6.45, 7) is 9.40. The van der Waals surface area contributed by atoms with Crippen molar-refractivity contribution in [1.29, 1.82) is 0 Å². The minimum absolute atomic E-state index is 0.115. The lowest BCUT2D eigenvalue weighted by molar-refractivity contribution is 0.0229. The van der Waals surface area contributed by atoms with Crippen LogP contribution >= 0.6 is 0 Å². The number of hydrogen-bond donors (Lipinski definition) is 2. The average molecular weight is 451 g/mol. The number of carbonyl (C=O) groups excluding carboxylic acids is 1. The van der Waals surface area contributed by atoms with Crippen LogP contribution in [-0.4, -0.2) is 50.9 Å². The van der Waals surface area contributed by atoms with Crippen molar-refractivity contribution in [2.24, 2.45) is 0 Å². The highest BCUT2D eigenvalue weighted by molar-refractivity contribution is 5.76. The molecular weight excluding hydrogens is 416 g/mol. The van der Waals surface area contributed by atoms with Crippen molar-refractivity contribution in [3.63, 3.8) is 0 Å². The topological polar surface area (TPSA) is 81.7 Å². The molecule has 7 nitrogen and oxygen atoms in total. The fraction of sp³-hybridized carbons (Fsp3) is 0.462. The Labute approximate surface area is 195 Å². The summed E-state index contributed by atoms with van der Waals surface area (Å²) in [6, 6.07) is 16.2. The van der Waals surface area contributed by atoms with Crippen molar-refractivity contribution >= 4 is 22.8 Å². The third-order valence-corrected chi connectivity index (χ3v) is 5.84. The molecule has 2 aromatic carbocycles. The lowest BCUT2D eigenvalue weighted by atomic mass is 10.0. The van der Waals surface area contributed by atoms with Crippen molar-refractivity contribution in [2.45, 2.75) is 64.8 Å². The molecule has 1 aliphatic rings. The van der Waals surface area contributed by atoms with Crippen LogP contribution in [0.1, 0.15) is 58.0 Å². The highest BCUT2D eigenvalue weighted by Crippen LogP contribution is 2.37. The molecule has 4 rings (SSSR count). The fourth-order valence-electron chi connectivity index (χ4n) is 4.43. The quantitative estimate of drug-likeness (QED) is 0.551. The number of ether oxygens (including phenoxy) is 1. The summed E-state index contributed by atoms with van der Waals surface area (Å²) < 4.78 is 5.56. The number of nitrogens with one attached hydrogen (secondary N) is 1. The van der Waals surface area contributed by atoms with Crippen molar-refractivity contribution in [3.8, 4) is 0 Å². The van der Waals surface area contributed by atoms with Crippen LogP contribution < -0.4 is 4.90 Å². The van der Waals surface area contributed by atoms with Gasteiger partial charge in [0.05, 0.1) is 29.7 Å². The van der Waals surface area contributed by atoms with Crippen LogP contribution in [0, 0.1) is 0 Å². The molecule has 2 heterocycles. The number of aliphatic hydroxyl groups excluding tert-OH is 1. The van der Waals surface area contributed by atoms with Crippen molar-refractivity contribution in [2.75, 3.05) is 18.0 Å². The molecule has 2 unspecified atom stereocenters.